The second-order valence-corrected chi connectivity index (χ2v) is 12.4. The molecule has 2 heterocycles. The topological polar surface area (TPSA) is 105 Å². The minimum atomic E-state index is -4.88. The number of rotatable bonds is 5. The molecular weight excluding hydrogens is 529 g/mol. The average molecular weight is 571 g/mol. The molecule has 2 atom stereocenters. The lowest BCUT2D eigenvalue weighted by molar-refractivity contribution is -0.138. The molecule has 224 valence electrons. The van der Waals surface area contributed by atoms with E-state index in [2.05, 4.69) is 0 Å². The molecule has 2 aliphatic rings. The molecule has 9 nitrogen and oxygen atoms in total. The summed E-state index contributed by atoms with van der Waals surface area (Å²) in [5, 5.41) is 0. The van der Waals surface area contributed by atoms with Crippen LogP contribution in [0.5, 0.6) is 5.75 Å². The molecule has 40 heavy (non-hydrogen) atoms. The predicted octanol–water partition coefficient (Wildman–Crippen LogP) is 4.81. The number of alkyl halides is 3. The summed E-state index contributed by atoms with van der Waals surface area (Å²) >= 11 is 0. The van der Waals surface area contributed by atoms with E-state index < -0.39 is 64.5 Å². The Kier molecular flexibility index (Phi) is 8.74. The first-order valence-corrected chi connectivity index (χ1v) is 13.6. The maximum Gasteiger partial charge on any atom is 0.417 e. The van der Waals surface area contributed by atoms with E-state index in [4.69, 9.17) is 15.2 Å². The lowest BCUT2D eigenvalue weighted by Crippen LogP contribution is -2.55. The van der Waals surface area contributed by atoms with Gasteiger partial charge in [0.05, 0.1) is 22.9 Å². The predicted molar refractivity (Wildman–Crippen MR) is 144 cm³/mol. The number of anilines is 1. The van der Waals surface area contributed by atoms with Crippen LogP contribution in [0.2, 0.25) is 0 Å². The van der Waals surface area contributed by atoms with Crippen LogP contribution in [-0.4, -0.2) is 76.7 Å². The summed E-state index contributed by atoms with van der Waals surface area (Å²) in [6.45, 7) is 13.8. The van der Waals surface area contributed by atoms with E-state index in [-0.39, 0.29) is 24.5 Å². The van der Waals surface area contributed by atoms with Crippen molar-refractivity contribution < 1.29 is 37.0 Å². The maximum atomic E-state index is 14.4. The van der Waals surface area contributed by atoms with Crippen LogP contribution in [0.3, 0.4) is 0 Å². The molecule has 12 heteroatoms. The number of hydrogen-bond donors (Lipinski definition) is 1. The lowest BCUT2D eigenvalue weighted by Gasteiger charge is -2.42. The van der Waals surface area contributed by atoms with Crippen LogP contribution in [-0.2, 0) is 15.7 Å². The van der Waals surface area contributed by atoms with Gasteiger partial charge in [0.2, 0.25) is 0 Å². The van der Waals surface area contributed by atoms with Crippen molar-refractivity contribution in [1.82, 2.24) is 9.80 Å². The Balaban J connectivity index is 2.08. The quantitative estimate of drug-likeness (QED) is 0.545. The number of likely N-dealkylation sites (tertiary alicyclic amines) is 1. The minimum Gasteiger partial charge on any atom is -0.476 e. The molecule has 2 aliphatic heterocycles. The smallest absolute Gasteiger partial charge is 0.417 e. The molecule has 1 fully saturated rings. The van der Waals surface area contributed by atoms with Gasteiger partial charge in [0, 0.05) is 31.7 Å². The number of ether oxygens (including phenoxy) is 2. The molecule has 0 saturated carbocycles. The van der Waals surface area contributed by atoms with Crippen LogP contribution in [0.15, 0.2) is 12.1 Å². The van der Waals surface area contributed by atoms with Crippen molar-refractivity contribution >= 4 is 23.6 Å². The molecule has 1 aromatic carbocycles. The van der Waals surface area contributed by atoms with Crippen LogP contribution in [0.1, 0.15) is 84.2 Å². The molecule has 0 spiro atoms. The SMILES string of the molecule is CC(C)N(C(=O)c1cc2c(cc1C(F)(F)F)OC(C)(C)C(=O)N2C[C@H](C)N)[C@@H]1CCCN(C(=O)OC(C)(C)C)C1. The van der Waals surface area contributed by atoms with Gasteiger partial charge in [0.1, 0.15) is 11.4 Å². The number of carbonyl (C=O) groups is 3. The van der Waals surface area contributed by atoms with Gasteiger partial charge in [-0.2, -0.15) is 13.2 Å². The fourth-order valence-electron chi connectivity index (χ4n) is 5.13. The number of nitrogens with two attached hydrogens (primary N) is 1. The number of hydrogen-bond acceptors (Lipinski definition) is 6. The second kappa shape index (κ2) is 11.1. The van der Waals surface area contributed by atoms with E-state index in [1.807, 2.05) is 0 Å². The van der Waals surface area contributed by atoms with Crippen LogP contribution in [0.4, 0.5) is 23.7 Å². The summed E-state index contributed by atoms with van der Waals surface area (Å²) in [6, 6.07) is 0.366. The third-order valence-corrected chi connectivity index (χ3v) is 6.75. The van der Waals surface area contributed by atoms with Crippen molar-refractivity contribution in [3.8, 4) is 5.75 Å². The summed E-state index contributed by atoms with van der Waals surface area (Å²) in [5.74, 6) is -1.48. The number of benzene rings is 1. The van der Waals surface area contributed by atoms with Gasteiger partial charge in [-0.1, -0.05) is 0 Å². The lowest BCUT2D eigenvalue weighted by atomic mass is 9.96. The second-order valence-electron chi connectivity index (χ2n) is 12.4. The van der Waals surface area contributed by atoms with Gasteiger partial charge in [-0.25, -0.2) is 4.79 Å². The van der Waals surface area contributed by atoms with Crippen molar-refractivity contribution in [3.63, 3.8) is 0 Å². The largest absolute Gasteiger partial charge is 0.476 e. The van der Waals surface area contributed by atoms with Crippen LogP contribution >= 0.6 is 0 Å². The zero-order valence-electron chi connectivity index (χ0n) is 24.5. The van der Waals surface area contributed by atoms with Crippen molar-refractivity contribution in [2.75, 3.05) is 24.5 Å². The van der Waals surface area contributed by atoms with Gasteiger partial charge in [-0.05, 0) is 80.4 Å². The molecule has 2 N–H and O–H groups in total. The van der Waals surface area contributed by atoms with Gasteiger partial charge in [-0.15, -0.1) is 0 Å². The molecule has 0 aliphatic carbocycles. The summed E-state index contributed by atoms with van der Waals surface area (Å²) in [5.41, 5.74) is 2.11. The van der Waals surface area contributed by atoms with Crippen molar-refractivity contribution in [2.45, 2.75) is 104 Å². The average Bonchev–Trinajstić information content (AvgIpc) is 2.79. The monoisotopic (exact) mass is 570 g/mol. The van der Waals surface area contributed by atoms with Crippen molar-refractivity contribution in [3.05, 3.63) is 23.3 Å². The van der Waals surface area contributed by atoms with Gasteiger partial charge >= 0.3 is 12.3 Å². The van der Waals surface area contributed by atoms with Crippen LogP contribution in [0.25, 0.3) is 0 Å². The van der Waals surface area contributed by atoms with Gasteiger partial charge < -0.3 is 29.9 Å². The first kappa shape index (κ1) is 31.5. The van der Waals surface area contributed by atoms with Crippen molar-refractivity contribution in [1.29, 1.82) is 0 Å². The van der Waals surface area contributed by atoms with E-state index in [0.29, 0.717) is 19.4 Å². The highest BCUT2D eigenvalue weighted by molar-refractivity contribution is 6.05. The molecule has 0 radical (unpaired) electrons. The molecule has 0 bridgehead atoms. The Morgan fingerprint density at radius 3 is 2.35 bits per heavy atom. The molecule has 3 amide bonds. The van der Waals surface area contributed by atoms with Crippen LogP contribution < -0.4 is 15.4 Å². The van der Waals surface area contributed by atoms with E-state index in [1.165, 1.54) is 28.5 Å². The van der Waals surface area contributed by atoms with E-state index in [1.54, 1.807) is 41.5 Å². The fourth-order valence-corrected chi connectivity index (χ4v) is 5.13. The Morgan fingerprint density at radius 2 is 1.82 bits per heavy atom. The number of halogens is 3. The number of carbonyl (C=O) groups excluding carboxylic acids is 3. The summed E-state index contributed by atoms with van der Waals surface area (Å²) in [6.07, 6.45) is -4.36. The normalized spacial score (nSPS) is 20.1. The number of amides is 3. The Bertz CT molecular complexity index is 1140. The maximum absolute atomic E-state index is 14.4. The molecule has 0 aromatic heterocycles. The zero-order chi connectivity index (χ0) is 30.4. The van der Waals surface area contributed by atoms with Gasteiger partial charge in [0.15, 0.2) is 5.60 Å². The van der Waals surface area contributed by atoms with E-state index in [9.17, 15) is 27.6 Å². The summed E-state index contributed by atoms with van der Waals surface area (Å²) in [7, 11) is 0. The van der Waals surface area contributed by atoms with E-state index in [0.717, 1.165) is 12.1 Å². The van der Waals surface area contributed by atoms with Crippen LogP contribution in [0, 0.1) is 0 Å². The molecule has 3 rings (SSSR count). The Labute approximate surface area is 233 Å². The molecular formula is C28H41F3N4O5. The third-order valence-electron chi connectivity index (χ3n) is 6.75. The zero-order valence-corrected chi connectivity index (χ0v) is 24.5. The van der Waals surface area contributed by atoms with Gasteiger partial charge in [-0.3, -0.25) is 9.59 Å². The highest BCUT2D eigenvalue weighted by atomic mass is 19.4. The molecule has 1 saturated heterocycles. The summed E-state index contributed by atoms with van der Waals surface area (Å²) in [4.78, 5) is 44.1. The molecule has 1 aromatic rings. The summed E-state index contributed by atoms with van der Waals surface area (Å²) < 4.78 is 54.4. The first-order valence-electron chi connectivity index (χ1n) is 13.6. The van der Waals surface area contributed by atoms with Gasteiger partial charge in [0.25, 0.3) is 11.8 Å². The highest BCUT2D eigenvalue weighted by Gasteiger charge is 2.45. The Hall–Kier alpha value is -3.02. The highest BCUT2D eigenvalue weighted by Crippen LogP contribution is 2.44. The van der Waals surface area contributed by atoms with E-state index >= 15 is 0 Å². The number of piperidine rings is 1. The Morgan fingerprint density at radius 1 is 1.20 bits per heavy atom. The fraction of sp³-hybridized carbons (Fsp3) is 0.679. The molecule has 0 unspecified atom stereocenters. The van der Waals surface area contributed by atoms with Crippen molar-refractivity contribution in [2.24, 2.45) is 5.73 Å². The third kappa shape index (κ3) is 6.82. The number of fused-ring (bicyclic) bond motifs is 1. The first-order chi connectivity index (χ1) is 18.2. The minimum absolute atomic E-state index is 0.0268. The number of nitrogens with zero attached hydrogens (tertiary/aromatic N) is 3. The standard InChI is InChI=1S/C28H41F3N4O5/c1-16(2)35(18-10-9-11-33(15-18)25(38)40-26(4,5)6)23(36)19-12-21-22(13-20(19)28(29,30)31)39-27(7,8)24(37)34(21)14-17(3)32/h12-13,16-18H,9-11,14-15,32H2,1-8H3/t17-,18+/m0/s1.